The van der Waals surface area contributed by atoms with Crippen LogP contribution in [-0.4, -0.2) is 47.9 Å². The SMILES string of the molecule is Cc1nc(SCC(=O)c2ccc(CCNS(C)(=O)=O)s2)n[nH]1. The van der Waals surface area contributed by atoms with Crippen molar-refractivity contribution in [3.63, 3.8) is 0 Å². The number of ketones is 1. The first-order valence-corrected chi connectivity index (χ1v) is 10.1. The molecule has 2 aromatic heterocycles. The van der Waals surface area contributed by atoms with E-state index in [2.05, 4.69) is 19.9 Å². The second-order valence-electron chi connectivity index (χ2n) is 4.60. The van der Waals surface area contributed by atoms with Gasteiger partial charge in [0.15, 0.2) is 5.78 Å². The van der Waals surface area contributed by atoms with Crippen molar-refractivity contribution >= 4 is 38.9 Å². The lowest BCUT2D eigenvalue weighted by molar-refractivity contribution is 0.102. The van der Waals surface area contributed by atoms with Crippen molar-refractivity contribution in [1.29, 1.82) is 0 Å². The van der Waals surface area contributed by atoms with E-state index in [1.165, 1.54) is 23.1 Å². The lowest BCUT2D eigenvalue weighted by Gasteiger charge is -1.99. The van der Waals surface area contributed by atoms with Gasteiger partial charge in [-0.15, -0.1) is 16.4 Å². The first-order valence-electron chi connectivity index (χ1n) is 6.42. The number of aromatic amines is 1. The van der Waals surface area contributed by atoms with Gasteiger partial charge >= 0.3 is 0 Å². The molecule has 0 bridgehead atoms. The number of H-pyrrole nitrogens is 1. The van der Waals surface area contributed by atoms with Gasteiger partial charge in [-0.05, 0) is 25.5 Å². The fraction of sp³-hybridized carbons (Fsp3) is 0.417. The van der Waals surface area contributed by atoms with Crippen molar-refractivity contribution in [3.8, 4) is 0 Å². The molecule has 0 saturated carbocycles. The number of aromatic nitrogens is 3. The highest BCUT2D eigenvalue weighted by Gasteiger charge is 2.12. The van der Waals surface area contributed by atoms with E-state index in [9.17, 15) is 13.2 Å². The van der Waals surface area contributed by atoms with Crippen LogP contribution in [-0.2, 0) is 16.4 Å². The van der Waals surface area contributed by atoms with Crippen LogP contribution in [0.5, 0.6) is 0 Å². The molecule has 2 aromatic rings. The monoisotopic (exact) mass is 360 g/mol. The molecule has 2 rings (SSSR count). The minimum absolute atomic E-state index is 0.0137. The summed E-state index contributed by atoms with van der Waals surface area (Å²) in [6, 6.07) is 3.62. The van der Waals surface area contributed by atoms with E-state index < -0.39 is 10.0 Å². The van der Waals surface area contributed by atoms with Crippen LogP contribution in [0.15, 0.2) is 17.3 Å². The third-order valence-corrected chi connectivity index (χ3v) is 5.34. The summed E-state index contributed by atoms with van der Waals surface area (Å²) in [5, 5.41) is 7.24. The van der Waals surface area contributed by atoms with Gasteiger partial charge in [0.25, 0.3) is 0 Å². The number of nitrogens with one attached hydrogen (secondary N) is 2. The van der Waals surface area contributed by atoms with E-state index in [1.807, 2.05) is 6.07 Å². The van der Waals surface area contributed by atoms with Crippen molar-refractivity contribution in [2.45, 2.75) is 18.5 Å². The van der Waals surface area contributed by atoms with Gasteiger partial charge in [-0.3, -0.25) is 9.89 Å². The molecule has 0 amide bonds. The van der Waals surface area contributed by atoms with Crippen LogP contribution in [0.4, 0.5) is 0 Å². The Labute approximate surface area is 137 Å². The highest BCUT2D eigenvalue weighted by Crippen LogP contribution is 2.21. The molecule has 2 N–H and O–H groups in total. The fourth-order valence-electron chi connectivity index (χ4n) is 1.61. The molecule has 0 atom stereocenters. The van der Waals surface area contributed by atoms with Crippen LogP contribution in [0.3, 0.4) is 0 Å². The van der Waals surface area contributed by atoms with Gasteiger partial charge in [0, 0.05) is 11.4 Å². The zero-order valence-corrected chi connectivity index (χ0v) is 14.6. The summed E-state index contributed by atoms with van der Waals surface area (Å²) in [5.41, 5.74) is 0. The average molecular weight is 360 g/mol. The summed E-state index contributed by atoms with van der Waals surface area (Å²) in [7, 11) is -3.17. The molecule has 0 unspecified atom stereocenters. The summed E-state index contributed by atoms with van der Waals surface area (Å²) in [5.74, 6) is 1.00. The lowest BCUT2D eigenvalue weighted by atomic mass is 10.3. The molecule has 22 heavy (non-hydrogen) atoms. The summed E-state index contributed by atoms with van der Waals surface area (Å²) in [6.07, 6.45) is 1.69. The molecule has 0 aliphatic heterocycles. The molecule has 7 nitrogen and oxygen atoms in total. The third kappa shape index (κ3) is 5.52. The van der Waals surface area contributed by atoms with Crippen molar-refractivity contribution in [1.82, 2.24) is 19.9 Å². The van der Waals surface area contributed by atoms with Crippen molar-refractivity contribution in [3.05, 3.63) is 27.7 Å². The first kappa shape index (κ1) is 17.1. The van der Waals surface area contributed by atoms with Crippen LogP contribution in [0.25, 0.3) is 0 Å². The Kier molecular flexibility index (Phi) is 5.73. The van der Waals surface area contributed by atoms with Crippen LogP contribution >= 0.6 is 23.1 Å². The van der Waals surface area contributed by atoms with Crippen LogP contribution < -0.4 is 4.72 Å². The predicted molar refractivity (Wildman–Crippen MR) is 87.0 cm³/mol. The maximum atomic E-state index is 12.1. The lowest BCUT2D eigenvalue weighted by Crippen LogP contribution is -2.23. The number of thioether (sulfide) groups is 1. The molecule has 0 aliphatic rings. The van der Waals surface area contributed by atoms with E-state index in [-0.39, 0.29) is 11.5 Å². The van der Waals surface area contributed by atoms with Gasteiger partial charge in [0.1, 0.15) is 5.82 Å². The van der Waals surface area contributed by atoms with Gasteiger partial charge in [0.05, 0.1) is 16.9 Å². The van der Waals surface area contributed by atoms with E-state index in [0.29, 0.717) is 28.8 Å². The normalized spacial score (nSPS) is 11.7. The van der Waals surface area contributed by atoms with E-state index in [4.69, 9.17) is 0 Å². The zero-order chi connectivity index (χ0) is 16.2. The topological polar surface area (TPSA) is 105 Å². The standard InChI is InChI=1S/C12H16N4O3S3/c1-8-14-12(16-15-8)20-7-10(17)11-4-3-9(21-11)5-6-13-22(2,18)19/h3-4,13H,5-7H2,1-2H3,(H,14,15,16). The number of aryl methyl sites for hydroxylation is 1. The number of thiophene rings is 1. The number of hydrogen-bond acceptors (Lipinski definition) is 7. The minimum Gasteiger partial charge on any atom is -0.292 e. The van der Waals surface area contributed by atoms with Crippen molar-refractivity contribution in [2.24, 2.45) is 0 Å². The second-order valence-corrected chi connectivity index (χ2v) is 8.54. The molecule has 0 spiro atoms. The van der Waals surface area contributed by atoms with Crippen LogP contribution in [0.2, 0.25) is 0 Å². The molecule has 0 saturated heterocycles. The number of carbonyl (C=O) groups excluding carboxylic acids is 1. The van der Waals surface area contributed by atoms with E-state index in [1.54, 1.807) is 13.0 Å². The summed E-state index contributed by atoms with van der Waals surface area (Å²) in [6.45, 7) is 2.13. The van der Waals surface area contributed by atoms with Crippen molar-refractivity contribution in [2.75, 3.05) is 18.6 Å². The van der Waals surface area contributed by atoms with Gasteiger partial charge in [-0.25, -0.2) is 18.1 Å². The molecular formula is C12H16N4O3S3. The second kappa shape index (κ2) is 7.36. The number of Topliss-reactive ketones (excluding diaryl/α,β-unsaturated/α-hetero) is 1. The Bertz CT molecular complexity index is 751. The summed E-state index contributed by atoms with van der Waals surface area (Å²) in [4.78, 5) is 17.8. The van der Waals surface area contributed by atoms with E-state index in [0.717, 1.165) is 11.1 Å². The molecule has 0 radical (unpaired) electrons. The Morgan fingerprint density at radius 1 is 1.45 bits per heavy atom. The van der Waals surface area contributed by atoms with Crippen molar-refractivity contribution < 1.29 is 13.2 Å². The van der Waals surface area contributed by atoms with Crippen LogP contribution in [0.1, 0.15) is 20.4 Å². The summed E-state index contributed by atoms with van der Waals surface area (Å²) < 4.78 is 24.4. The van der Waals surface area contributed by atoms with Crippen LogP contribution in [0, 0.1) is 6.92 Å². The molecule has 120 valence electrons. The number of carbonyl (C=O) groups is 1. The Morgan fingerprint density at radius 2 is 2.23 bits per heavy atom. The molecule has 0 aliphatic carbocycles. The molecule has 0 fully saturated rings. The maximum absolute atomic E-state index is 12.1. The maximum Gasteiger partial charge on any atom is 0.208 e. The van der Waals surface area contributed by atoms with Gasteiger partial charge in [-0.2, -0.15) is 0 Å². The average Bonchev–Trinajstić information content (AvgIpc) is 3.04. The molecular weight excluding hydrogens is 344 g/mol. The molecule has 0 aromatic carbocycles. The number of rotatable bonds is 8. The van der Waals surface area contributed by atoms with Gasteiger partial charge in [-0.1, -0.05) is 11.8 Å². The Morgan fingerprint density at radius 3 is 2.86 bits per heavy atom. The number of sulfonamides is 1. The highest BCUT2D eigenvalue weighted by molar-refractivity contribution is 7.99. The Balaban J connectivity index is 1.83. The largest absolute Gasteiger partial charge is 0.292 e. The quantitative estimate of drug-likeness (QED) is 0.542. The summed E-state index contributed by atoms with van der Waals surface area (Å²) >= 11 is 2.67. The molecule has 2 heterocycles. The Hall–Kier alpha value is -1.23. The third-order valence-electron chi connectivity index (χ3n) is 2.58. The fourth-order valence-corrected chi connectivity index (χ4v) is 3.85. The van der Waals surface area contributed by atoms with Gasteiger partial charge < -0.3 is 0 Å². The minimum atomic E-state index is -3.17. The smallest absolute Gasteiger partial charge is 0.208 e. The predicted octanol–water partition coefficient (Wildman–Crippen LogP) is 1.24. The number of hydrogen-bond donors (Lipinski definition) is 2. The van der Waals surface area contributed by atoms with Gasteiger partial charge in [0.2, 0.25) is 15.2 Å². The highest BCUT2D eigenvalue weighted by atomic mass is 32.2. The number of nitrogens with zero attached hydrogens (tertiary/aromatic N) is 2. The van der Waals surface area contributed by atoms with E-state index >= 15 is 0 Å². The first-order chi connectivity index (χ1) is 10.3. The molecule has 10 heteroatoms. The zero-order valence-electron chi connectivity index (χ0n) is 12.1.